The van der Waals surface area contributed by atoms with Crippen molar-refractivity contribution in [3.05, 3.63) is 70.4 Å². The highest BCUT2D eigenvalue weighted by Crippen LogP contribution is 2.30. The molecule has 3 aromatic rings. The lowest BCUT2D eigenvalue weighted by Crippen LogP contribution is -2.27. The summed E-state index contributed by atoms with van der Waals surface area (Å²) in [7, 11) is 1.52. The van der Waals surface area contributed by atoms with E-state index in [-0.39, 0.29) is 11.6 Å². The smallest absolute Gasteiger partial charge is 0.268 e. The van der Waals surface area contributed by atoms with Crippen LogP contribution in [-0.2, 0) is 9.59 Å². The van der Waals surface area contributed by atoms with Crippen LogP contribution in [0.3, 0.4) is 0 Å². The van der Waals surface area contributed by atoms with Gasteiger partial charge in [0.15, 0.2) is 11.6 Å². The summed E-state index contributed by atoms with van der Waals surface area (Å²) in [6, 6.07) is 8.28. The molecule has 2 amide bonds. The molecule has 0 unspecified atom stereocenters. The van der Waals surface area contributed by atoms with Crippen molar-refractivity contribution in [3.8, 4) is 11.5 Å². The van der Waals surface area contributed by atoms with Crippen molar-refractivity contribution in [3.63, 3.8) is 0 Å². The Morgan fingerprint density at radius 2 is 1.88 bits per heavy atom. The molecule has 2 aromatic heterocycles. The van der Waals surface area contributed by atoms with Crippen molar-refractivity contribution in [2.24, 2.45) is 5.73 Å². The maximum atomic E-state index is 11.6. The number of amides is 2. The Bertz CT molecular complexity index is 1260. The third kappa shape index (κ3) is 6.18. The number of nitrogens with one attached hydrogen (secondary N) is 5. The average molecular weight is 500 g/mol. The van der Waals surface area contributed by atoms with Crippen molar-refractivity contribution in [2.75, 3.05) is 17.7 Å². The third-order valence-electron chi connectivity index (χ3n) is 4.27. The maximum Gasteiger partial charge on any atom is 0.268 e. The van der Waals surface area contributed by atoms with E-state index in [0.29, 0.717) is 38.8 Å². The van der Waals surface area contributed by atoms with Gasteiger partial charge in [-0.25, -0.2) is 0 Å². The summed E-state index contributed by atoms with van der Waals surface area (Å²) in [5, 5.41) is 24.9. The SMILES string of the molecule is CNC(=O)/C=C\c1nnc(-c2ccc(N/C(=C/Nc3c(Cl)cccc3Cl)C(=N)C(N)=O)cn2)[nH]1. The average Bonchev–Trinajstić information content (AvgIpc) is 3.30. The number of primary amides is 1. The second-order valence-electron chi connectivity index (χ2n) is 6.60. The number of carbonyl (C=O) groups is 2. The normalized spacial score (nSPS) is 11.3. The molecule has 0 aliphatic rings. The van der Waals surface area contributed by atoms with Crippen LogP contribution in [0.15, 0.2) is 54.5 Å². The van der Waals surface area contributed by atoms with Crippen LogP contribution in [-0.4, -0.2) is 44.7 Å². The van der Waals surface area contributed by atoms with Gasteiger partial charge in [-0.15, -0.1) is 10.2 Å². The number of aromatic amines is 1. The summed E-state index contributed by atoms with van der Waals surface area (Å²) in [5.74, 6) is -0.441. The Labute approximate surface area is 204 Å². The largest absolute Gasteiger partial charge is 0.364 e. The fourth-order valence-electron chi connectivity index (χ4n) is 2.55. The second-order valence-corrected chi connectivity index (χ2v) is 7.42. The summed E-state index contributed by atoms with van der Waals surface area (Å²) in [4.78, 5) is 30.1. The molecule has 0 saturated heterocycles. The van der Waals surface area contributed by atoms with Gasteiger partial charge in [-0.2, -0.15) is 0 Å². The number of hydrogen-bond donors (Lipinski definition) is 6. The van der Waals surface area contributed by atoms with Gasteiger partial charge in [-0.05, 0) is 30.3 Å². The number of nitrogens with zero attached hydrogens (tertiary/aromatic N) is 3. The van der Waals surface area contributed by atoms with Crippen LogP contribution in [0.2, 0.25) is 10.0 Å². The van der Waals surface area contributed by atoms with Crippen LogP contribution in [0.25, 0.3) is 17.6 Å². The summed E-state index contributed by atoms with van der Waals surface area (Å²) >= 11 is 12.3. The first-order chi connectivity index (χ1) is 16.3. The first-order valence-corrected chi connectivity index (χ1v) is 10.4. The minimum absolute atomic E-state index is 0.0688. The van der Waals surface area contributed by atoms with E-state index in [1.807, 2.05) is 0 Å². The van der Waals surface area contributed by atoms with E-state index in [0.717, 1.165) is 0 Å². The zero-order chi connectivity index (χ0) is 24.7. The lowest BCUT2D eigenvalue weighted by Gasteiger charge is -2.12. The molecule has 0 radical (unpaired) electrons. The van der Waals surface area contributed by atoms with Crippen molar-refractivity contribution in [2.45, 2.75) is 0 Å². The Hall–Kier alpha value is -4.22. The van der Waals surface area contributed by atoms with Crippen LogP contribution in [0.5, 0.6) is 0 Å². The van der Waals surface area contributed by atoms with Gasteiger partial charge in [0.25, 0.3) is 5.91 Å². The molecule has 1 aromatic carbocycles. The number of nitrogens with two attached hydrogens (primary N) is 1. The van der Waals surface area contributed by atoms with Crippen molar-refractivity contribution < 1.29 is 9.59 Å². The van der Waals surface area contributed by atoms with Gasteiger partial charge in [0.2, 0.25) is 5.91 Å². The predicted molar refractivity (Wildman–Crippen MR) is 131 cm³/mol. The van der Waals surface area contributed by atoms with E-state index in [4.69, 9.17) is 34.3 Å². The third-order valence-corrected chi connectivity index (χ3v) is 4.90. The van der Waals surface area contributed by atoms with E-state index in [1.165, 1.54) is 31.6 Å². The Balaban J connectivity index is 1.78. The van der Waals surface area contributed by atoms with Crippen LogP contribution in [0, 0.1) is 5.41 Å². The van der Waals surface area contributed by atoms with Crippen molar-refractivity contribution in [1.82, 2.24) is 25.5 Å². The molecule has 34 heavy (non-hydrogen) atoms. The zero-order valence-electron chi connectivity index (χ0n) is 17.7. The van der Waals surface area contributed by atoms with E-state index in [9.17, 15) is 9.59 Å². The zero-order valence-corrected chi connectivity index (χ0v) is 19.2. The molecule has 0 saturated carbocycles. The van der Waals surface area contributed by atoms with Crippen LogP contribution in [0.1, 0.15) is 5.82 Å². The molecule has 0 aliphatic heterocycles. The van der Waals surface area contributed by atoms with Gasteiger partial charge in [0.05, 0.1) is 33.3 Å². The standard InChI is InChI=1S/C21H19Cl2N9O2/c1-26-17(33)8-7-16-30-21(32-31-16)14-6-5-11(9-27-14)29-15(18(24)20(25)34)10-28-19-12(22)3-2-4-13(19)23/h2-10,24,28-29H,1H3,(H2,25,34)(H,26,33)(H,30,31,32)/b8-7-,15-10+,24-18?. The number of pyridine rings is 1. The number of likely N-dealkylation sites (N-methyl/N-ethyl adjacent to an activating group) is 1. The summed E-state index contributed by atoms with van der Waals surface area (Å²) < 4.78 is 0. The summed E-state index contributed by atoms with van der Waals surface area (Å²) in [5.41, 5.74) is 6.23. The van der Waals surface area contributed by atoms with Crippen molar-refractivity contribution >= 4 is 58.2 Å². The minimum atomic E-state index is -0.936. The van der Waals surface area contributed by atoms with Crippen LogP contribution < -0.4 is 21.7 Å². The summed E-state index contributed by atoms with van der Waals surface area (Å²) in [6.07, 6.45) is 5.63. The van der Waals surface area contributed by atoms with Gasteiger partial charge in [0.1, 0.15) is 11.4 Å². The van der Waals surface area contributed by atoms with Crippen LogP contribution >= 0.6 is 23.2 Å². The summed E-state index contributed by atoms with van der Waals surface area (Å²) in [6.45, 7) is 0. The Morgan fingerprint density at radius 1 is 1.15 bits per heavy atom. The highest BCUT2D eigenvalue weighted by atomic mass is 35.5. The number of anilines is 2. The molecule has 2 heterocycles. The van der Waals surface area contributed by atoms with Gasteiger partial charge in [-0.3, -0.25) is 20.0 Å². The van der Waals surface area contributed by atoms with Crippen molar-refractivity contribution in [1.29, 1.82) is 5.41 Å². The predicted octanol–water partition coefficient (Wildman–Crippen LogP) is 2.80. The lowest BCUT2D eigenvalue weighted by atomic mass is 10.2. The molecule has 0 aliphatic carbocycles. The van der Waals surface area contributed by atoms with Gasteiger partial charge in [0, 0.05) is 19.3 Å². The first kappa shape index (κ1) is 24.4. The fourth-order valence-corrected chi connectivity index (χ4v) is 3.06. The van der Waals surface area contributed by atoms with E-state index >= 15 is 0 Å². The molecule has 0 fully saturated rings. The number of hydrogen-bond acceptors (Lipinski definition) is 8. The topological polar surface area (TPSA) is 175 Å². The van der Waals surface area contributed by atoms with E-state index < -0.39 is 11.6 Å². The van der Waals surface area contributed by atoms with E-state index in [1.54, 1.807) is 30.3 Å². The van der Waals surface area contributed by atoms with Gasteiger partial charge >= 0.3 is 0 Å². The Kier molecular flexibility index (Phi) is 7.96. The molecular weight excluding hydrogens is 481 g/mol. The molecular formula is C21H19Cl2N9O2. The highest BCUT2D eigenvalue weighted by Gasteiger charge is 2.14. The van der Waals surface area contributed by atoms with Gasteiger partial charge < -0.3 is 26.7 Å². The number of H-pyrrole nitrogens is 1. The quantitative estimate of drug-likeness (QED) is 0.193. The molecule has 3 rings (SSSR count). The van der Waals surface area contributed by atoms with Crippen LogP contribution in [0.4, 0.5) is 11.4 Å². The molecule has 0 spiro atoms. The number of carbonyl (C=O) groups excluding carboxylic acids is 2. The van der Waals surface area contributed by atoms with E-state index in [2.05, 4.69) is 36.1 Å². The molecule has 13 heteroatoms. The number of para-hydroxylation sites is 1. The lowest BCUT2D eigenvalue weighted by molar-refractivity contribution is -0.116. The number of aromatic nitrogens is 4. The molecule has 0 bridgehead atoms. The second kappa shape index (κ2) is 11.1. The first-order valence-electron chi connectivity index (χ1n) is 9.64. The molecule has 7 N–H and O–H groups in total. The molecule has 174 valence electrons. The molecule has 0 atom stereocenters. The Morgan fingerprint density at radius 3 is 2.50 bits per heavy atom. The monoisotopic (exact) mass is 499 g/mol. The highest BCUT2D eigenvalue weighted by molar-refractivity contribution is 6.44. The maximum absolute atomic E-state index is 11.6. The number of rotatable bonds is 9. The minimum Gasteiger partial charge on any atom is -0.364 e. The fraction of sp³-hybridized carbons (Fsp3) is 0.0476. The molecule has 11 nitrogen and oxygen atoms in total. The van der Waals surface area contributed by atoms with Gasteiger partial charge in [-0.1, -0.05) is 29.3 Å². The number of benzene rings is 1. The number of halogens is 2.